The van der Waals surface area contributed by atoms with Crippen molar-refractivity contribution in [3.8, 4) is 22.9 Å². The van der Waals surface area contributed by atoms with Crippen LogP contribution in [0.3, 0.4) is 0 Å². The Hall–Kier alpha value is -5.95. The van der Waals surface area contributed by atoms with Gasteiger partial charge in [0.05, 0.1) is 30.6 Å². The van der Waals surface area contributed by atoms with Gasteiger partial charge in [0.15, 0.2) is 5.13 Å². The normalized spacial score (nSPS) is 22.7. The number of methoxy groups -OCH3 is 1. The van der Waals surface area contributed by atoms with Crippen molar-refractivity contribution in [3.63, 3.8) is 0 Å². The van der Waals surface area contributed by atoms with Crippen molar-refractivity contribution in [1.29, 1.82) is 0 Å². The molecule has 19 heteroatoms. The van der Waals surface area contributed by atoms with Crippen molar-refractivity contribution in [2.75, 3.05) is 30.8 Å². The number of nitrogens with one attached hydrogen (secondary N) is 5. The zero-order valence-electron chi connectivity index (χ0n) is 39.3. The van der Waals surface area contributed by atoms with E-state index in [2.05, 4.69) is 26.0 Å². The lowest BCUT2D eigenvalue weighted by Gasteiger charge is -2.31. The fourth-order valence-electron chi connectivity index (χ4n) is 8.37. The highest BCUT2D eigenvalue weighted by atomic mass is 32.2. The van der Waals surface area contributed by atoms with Gasteiger partial charge in [-0.3, -0.25) is 14.4 Å². The highest BCUT2D eigenvalue weighted by molar-refractivity contribution is 7.90. The highest BCUT2D eigenvalue weighted by Gasteiger charge is 2.62. The number of anilines is 2. The predicted molar refractivity (Wildman–Crippen MR) is 258 cm³/mol. The van der Waals surface area contributed by atoms with E-state index in [1.54, 1.807) is 78.1 Å². The molecule has 3 aliphatic rings. The first kappa shape index (κ1) is 49.0. The largest absolute Gasteiger partial charge is 0.497 e. The maximum atomic E-state index is 14.9. The molecule has 2 aromatic carbocycles. The highest BCUT2D eigenvalue weighted by Crippen LogP contribution is 2.46. The lowest BCUT2D eigenvalue weighted by atomic mass is 10.0. The molecule has 2 aromatic heterocycles. The number of rotatable bonds is 11. The minimum atomic E-state index is -4.41. The van der Waals surface area contributed by atoms with Crippen molar-refractivity contribution < 1.29 is 41.8 Å². The van der Waals surface area contributed by atoms with E-state index < -0.39 is 75.0 Å². The first-order valence-electron chi connectivity index (χ1n) is 22.8. The summed E-state index contributed by atoms with van der Waals surface area (Å²) in [5.41, 5.74) is -0.425. The lowest BCUT2D eigenvalue weighted by Crippen LogP contribution is -2.59. The van der Waals surface area contributed by atoms with Crippen LogP contribution in [0.2, 0.25) is 0 Å². The van der Waals surface area contributed by atoms with E-state index in [9.17, 15) is 27.6 Å². The number of benzene rings is 2. The van der Waals surface area contributed by atoms with Crippen LogP contribution in [0.25, 0.3) is 22.3 Å². The van der Waals surface area contributed by atoms with Crippen LogP contribution >= 0.6 is 11.3 Å². The van der Waals surface area contributed by atoms with Crippen LogP contribution in [0.5, 0.6) is 11.5 Å². The third-order valence-corrected chi connectivity index (χ3v) is 14.0. The van der Waals surface area contributed by atoms with Gasteiger partial charge in [-0.1, -0.05) is 44.6 Å². The monoisotopic (exact) mass is 958 g/mol. The van der Waals surface area contributed by atoms with Crippen LogP contribution in [0.1, 0.15) is 87.0 Å². The number of hydrogen-bond donors (Lipinski definition) is 5. The first-order chi connectivity index (χ1) is 31.8. The molecule has 0 spiro atoms. The minimum Gasteiger partial charge on any atom is -0.497 e. The van der Waals surface area contributed by atoms with Crippen LogP contribution in [0, 0.1) is 11.8 Å². The van der Waals surface area contributed by atoms with E-state index in [1.807, 2.05) is 37.4 Å². The van der Waals surface area contributed by atoms with Gasteiger partial charge >= 0.3 is 6.09 Å². The van der Waals surface area contributed by atoms with Crippen LogP contribution in [0.4, 0.5) is 15.6 Å². The Morgan fingerprint density at radius 2 is 1.78 bits per heavy atom. The molecule has 5 atom stereocenters. The van der Waals surface area contributed by atoms with E-state index in [-0.39, 0.29) is 30.3 Å². The van der Waals surface area contributed by atoms with Gasteiger partial charge in [0.25, 0.3) is 15.9 Å². The number of sulfonamides is 1. The fourth-order valence-corrected chi connectivity index (χ4v) is 10.4. The SMILES string of the molecule is COc1ccc2c(O[C@@H]3C[C@@H](C(=O)N[C@]45C[C@H]4/C=C\CCCCCNc4ccccc4S(=O)(=O)NC5=O)N(C(=O)[C@@H](NC(=O)OC(C)(C)C)C(C)C)C3)cc(-c3csc(NC(C)C)n3)nc2c1. The number of aromatic nitrogens is 2. The number of para-hydroxylation sites is 1. The number of amides is 4. The van der Waals surface area contributed by atoms with Crippen LogP contribution in [-0.2, 0) is 29.1 Å². The standard InChI is InChI=1S/C48H62N8O9S2/c1-28(2)41(53-46(60)65-47(5,6)7)43(58)56-26-32(64-39-24-36(37-27-66-45(52-37)50-29(3)4)51-35-22-31(63-8)19-20-33(35)39)23-38(56)42(57)54-48-25-30(48)16-12-10-9-11-15-21-49-34-17-13-14-18-40(34)67(61,62)55-44(48)59/h12-14,16-20,22,24,27-30,32,38,41,49H,9-11,15,21,23,25-26H2,1-8H3,(H,50,52)(H,53,60)(H,54,57)(H,55,59)/b16-12-/t30-,32-,38+,41+,48-/m1/s1. The summed E-state index contributed by atoms with van der Waals surface area (Å²) in [7, 11) is -2.84. The zero-order valence-corrected chi connectivity index (χ0v) is 40.9. The molecule has 360 valence electrons. The van der Waals surface area contributed by atoms with Gasteiger partial charge < -0.3 is 40.4 Å². The van der Waals surface area contributed by atoms with Crippen molar-refractivity contribution >= 4 is 66.9 Å². The number of carbonyl (C=O) groups is 4. The molecule has 0 radical (unpaired) electrons. The van der Waals surface area contributed by atoms with Gasteiger partial charge in [-0.05, 0) is 90.5 Å². The Labute approximate surface area is 396 Å². The molecule has 0 unspecified atom stereocenters. The molecule has 67 heavy (non-hydrogen) atoms. The second-order valence-electron chi connectivity index (χ2n) is 19.0. The van der Waals surface area contributed by atoms with Crippen molar-refractivity contribution in [3.05, 3.63) is 66.1 Å². The molecule has 4 heterocycles. The third kappa shape index (κ3) is 11.6. The molecule has 1 saturated heterocycles. The van der Waals surface area contributed by atoms with Gasteiger partial charge in [-0.25, -0.2) is 27.9 Å². The number of allylic oxidation sites excluding steroid dienone is 1. The molecule has 1 saturated carbocycles. The molecule has 0 bridgehead atoms. The number of nitrogens with zero attached hydrogens (tertiary/aromatic N) is 3. The van der Waals surface area contributed by atoms with Crippen molar-refractivity contribution in [2.45, 2.75) is 127 Å². The summed E-state index contributed by atoms with van der Waals surface area (Å²) < 4.78 is 47.9. The van der Waals surface area contributed by atoms with Crippen LogP contribution in [-0.4, -0.2) is 103 Å². The van der Waals surface area contributed by atoms with Crippen LogP contribution < -0.4 is 35.5 Å². The Balaban J connectivity index is 1.23. The number of pyridine rings is 1. The molecule has 4 amide bonds. The predicted octanol–water partition coefficient (Wildman–Crippen LogP) is 7.01. The van der Waals surface area contributed by atoms with Crippen molar-refractivity contribution in [1.82, 2.24) is 30.2 Å². The Morgan fingerprint density at radius 1 is 1.00 bits per heavy atom. The number of hydrogen-bond acceptors (Lipinski definition) is 14. The number of thiazole rings is 1. The Bertz CT molecular complexity index is 2630. The summed E-state index contributed by atoms with van der Waals surface area (Å²) in [6.07, 6.45) is 5.69. The summed E-state index contributed by atoms with van der Waals surface area (Å²) in [5, 5.41) is 15.4. The lowest BCUT2D eigenvalue weighted by molar-refractivity contribution is -0.141. The summed E-state index contributed by atoms with van der Waals surface area (Å²) in [6, 6.07) is 11.4. The van der Waals surface area contributed by atoms with Crippen molar-refractivity contribution in [2.24, 2.45) is 11.8 Å². The molecule has 4 aromatic rings. The minimum absolute atomic E-state index is 0.0150. The molecule has 1 aliphatic carbocycles. The Kier molecular flexibility index (Phi) is 14.7. The topological polar surface area (TPSA) is 219 Å². The second kappa shape index (κ2) is 20.1. The number of fused-ring (bicyclic) bond motifs is 3. The summed E-state index contributed by atoms with van der Waals surface area (Å²) in [5.74, 6) is -2.10. The average Bonchev–Trinajstić information content (AvgIpc) is 3.52. The van der Waals surface area contributed by atoms with E-state index in [1.165, 1.54) is 22.3 Å². The molecular formula is C48H62N8O9S2. The van der Waals surface area contributed by atoms with E-state index in [0.717, 1.165) is 30.8 Å². The molecule has 2 fully saturated rings. The maximum absolute atomic E-state index is 14.9. The number of ether oxygens (including phenoxy) is 3. The molecule has 2 aliphatic heterocycles. The van der Waals surface area contributed by atoms with Gasteiger partial charge in [-0.15, -0.1) is 11.3 Å². The van der Waals surface area contributed by atoms with E-state index >= 15 is 0 Å². The number of alkyl carbamates (subject to hydrolysis) is 1. The smallest absolute Gasteiger partial charge is 0.408 e. The number of carbonyl (C=O) groups excluding carboxylic acids is 4. The van der Waals surface area contributed by atoms with Gasteiger partial charge in [-0.2, -0.15) is 0 Å². The maximum Gasteiger partial charge on any atom is 0.408 e. The summed E-state index contributed by atoms with van der Waals surface area (Å²) in [6.45, 7) is 13.2. The quantitative estimate of drug-likeness (QED) is 0.0958. The summed E-state index contributed by atoms with van der Waals surface area (Å²) in [4.78, 5) is 68.2. The molecule has 7 rings (SSSR count). The summed E-state index contributed by atoms with van der Waals surface area (Å²) >= 11 is 1.44. The van der Waals surface area contributed by atoms with Gasteiger partial charge in [0.2, 0.25) is 11.8 Å². The fraction of sp³-hybridized carbons (Fsp3) is 0.500. The molecule has 17 nitrogen and oxygen atoms in total. The average molecular weight is 959 g/mol. The Morgan fingerprint density at radius 3 is 2.51 bits per heavy atom. The van der Waals surface area contributed by atoms with Gasteiger partial charge in [0.1, 0.15) is 51.4 Å². The van der Waals surface area contributed by atoms with Crippen LogP contribution in [0.15, 0.2) is 71.0 Å². The zero-order chi connectivity index (χ0) is 48.3. The third-order valence-electron chi connectivity index (χ3n) is 11.8. The molecule has 5 N–H and O–H groups in total. The van der Waals surface area contributed by atoms with E-state index in [0.29, 0.717) is 46.0 Å². The first-order valence-corrected chi connectivity index (χ1v) is 25.2. The number of likely N-dealkylation sites (tertiary alicyclic amines) is 1. The molecular weight excluding hydrogens is 897 g/mol. The van der Waals surface area contributed by atoms with Gasteiger partial charge in [0, 0.05) is 47.8 Å². The van der Waals surface area contributed by atoms with E-state index in [4.69, 9.17) is 24.2 Å². The second-order valence-corrected chi connectivity index (χ2v) is 21.5.